The lowest BCUT2D eigenvalue weighted by Gasteiger charge is -2.29. The van der Waals surface area contributed by atoms with Crippen molar-refractivity contribution in [2.75, 3.05) is 14.2 Å². The molecule has 0 saturated carbocycles. The van der Waals surface area contributed by atoms with Gasteiger partial charge in [0, 0.05) is 6.20 Å². The molecule has 38 heavy (non-hydrogen) atoms. The van der Waals surface area contributed by atoms with Gasteiger partial charge < -0.3 is 19.0 Å². The zero-order valence-corrected chi connectivity index (χ0v) is 22.4. The highest BCUT2D eigenvalue weighted by molar-refractivity contribution is 7.91. The largest absolute Gasteiger partial charge is 0.494 e. The van der Waals surface area contributed by atoms with Gasteiger partial charge in [-0.3, -0.25) is 9.55 Å². The Hall–Kier alpha value is -4.21. The number of aromatic nitrogens is 4. The van der Waals surface area contributed by atoms with Crippen molar-refractivity contribution in [2.45, 2.75) is 37.4 Å². The van der Waals surface area contributed by atoms with Gasteiger partial charge >= 0.3 is 0 Å². The minimum atomic E-state index is -4.06. The van der Waals surface area contributed by atoms with Gasteiger partial charge in [0.05, 0.1) is 30.7 Å². The molecule has 2 atom stereocenters. The molecule has 0 aliphatic heterocycles. The smallest absolute Gasteiger partial charge is 0.204 e. The molecule has 0 radical (unpaired) electrons. The number of furan rings is 1. The zero-order valence-electron chi connectivity index (χ0n) is 21.5. The average molecular weight is 538 g/mol. The Labute approximate surface area is 220 Å². The number of ether oxygens (including phenoxy) is 2. The summed E-state index contributed by atoms with van der Waals surface area (Å²) in [6.07, 6.45) is 1.28. The van der Waals surface area contributed by atoms with Crippen molar-refractivity contribution in [2.24, 2.45) is 0 Å². The molecule has 0 aliphatic rings. The SMILES string of the molecule is COc1cccc(OC)c1-n1c(CS(=O)(=O)[C@H](C)[C@@](C)(O)c2ccc(C#N)cn2)nnc1-c1ccc(C)o1. The van der Waals surface area contributed by atoms with E-state index in [1.165, 1.54) is 51.0 Å². The zero-order chi connectivity index (χ0) is 27.7. The van der Waals surface area contributed by atoms with E-state index < -0.39 is 26.4 Å². The molecule has 3 aromatic heterocycles. The van der Waals surface area contributed by atoms with Crippen LogP contribution in [0.3, 0.4) is 0 Å². The Morgan fingerprint density at radius 3 is 2.34 bits per heavy atom. The summed E-state index contributed by atoms with van der Waals surface area (Å²) < 4.78 is 45.8. The Balaban J connectivity index is 1.83. The van der Waals surface area contributed by atoms with E-state index in [4.69, 9.17) is 19.2 Å². The number of methoxy groups -OCH3 is 2. The Morgan fingerprint density at radius 1 is 1.13 bits per heavy atom. The van der Waals surface area contributed by atoms with E-state index in [1.54, 1.807) is 37.3 Å². The molecule has 11 nitrogen and oxygen atoms in total. The molecule has 0 saturated heterocycles. The molecule has 0 fully saturated rings. The van der Waals surface area contributed by atoms with Crippen LogP contribution in [0.2, 0.25) is 0 Å². The highest BCUT2D eigenvalue weighted by atomic mass is 32.2. The van der Waals surface area contributed by atoms with E-state index in [0.29, 0.717) is 34.3 Å². The molecule has 12 heteroatoms. The lowest BCUT2D eigenvalue weighted by molar-refractivity contribution is 0.0518. The van der Waals surface area contributed by atoms with Crippen LogP contribution in [0.4, 0.5) is 0 Å². The second kappa shape index (κ2) is 10.3. The van der Waals surface area contributed by atoms with Crippen molar-refractivity contribution in [1.82, 2.24) is 19.7 Å². The fourth-order valence-electron chi connectivity index (χ4n) is 4.03. The van der Waals surface area contributed by atoms with Crippen LogP contribution in [0, 0.1) is 18.3 Å². The lowest BCUT2D eigenvalue weighted by atomic mass is 9.97. The highest BCUT2D eigenvalue weighted by Crippen LogP contribution is 2.38. The second-order valence-corrected chi connectivity index (χ2v) is 11.2. The fourth-order valence-corrected chi connectivity index (χ4v) is 5.65. The Morgan fingerprint density at radius 2 is 1.82 bits per heavy atom. The summed E-state index contributed by atoms with van der Waals surface area (Å²) >= 11 is 0. The number of hydrogen-bond donors (Lipinski definition) is 1. The third kappa shape index (κ3) is 4.85. The quantitative estimate of drug-likeness (QED) is 0.336. The maximum absolute atomic E-state index is 13.7. The number of para-hydroxylation sites is 1. The number of sulfone groups is 1. The summed E-state index contributed by atoms with van der Waals surface area (Å²) in [5.74, 6) is 1.53. The molecule has 0 amide bonds. The van der Waals surface area contributed by atoms with Crippen molar-refractivity contribution >= 4 is 9.84 Å². The van der Waals surface area contributed by atoms with Crippen molar-refractivity contribution in [1.29, 1.82) is 5.26 Å². The number of nitrogens with zero attached hydrogens (tertiary/aromatic N) is 5. The van der Waals surface area contributed by atoms with E-state index in [1.807, 2.05) is 6.07 Å². The minimum Gasteiger partial charge on any atom is -0.494 e. The molecule has 4 rings (SSSR count). The standard InChI is InChI=1S/C26H27N5O6S/c1-16-9-11-21(37-16)25-30-29-23(31(25)24-19(35-4)7-6-8-20(24)36-5)15-38(33,34)17(2)26(3,32)22-12-10-18(13-27)14-28-22/h6-12,14,17,32H,15H2,1-5H3/t17-,26-/m1/s1. The van der Waals surface area contributed by atoms with E-state index in [9.17, 15) is 13.5 Å². The molecule has 0 aliphatic carbocycles. The minimum absolute atomic E-state index is 0.0623. The molecule has 0 spiro atoms. The number of benzene rings is 1. The summed E-state index contributed by atoms with van der Waals surface area (Å²) in [5.41, 5.74) is -1.06. The van der Waals surface area contributed by atoms with Crippen LogP contribution in [-0.4, -0.2) is 52.7 Å². The van der Waals surface area contributed by atoms with Crippen molar-refractivity contribution in [3.05, 3.63) is 71.5 Å². The van der Waals surface area contributed by atoms with Gasteiger partial charge in [-0.15, -0.1) is 10.2 Å². The number of hydrogen-bond acceptors (Lipinski definition) is 10. The molecule has 0 unspecified atom stereocenters. The van der Waals surface area contributed by atoms with E-state index in [2.05, 4.69) is 15.2 Å². The predicted molar refractivity (Wildman–Crippen MR) is 138 cm³/mol. The number of aliphatic hydroxyl groups is 1. The van der Waals surface area contributed by atoms with Crippen molar-refractivity contribution in [3.63, 3.8) is 0 Å². The van der Waals surface area contributed by atoms with Crippen LogP contribution in [0.5, 0.6) is 11.5 Å². The molecule has 4 aromatic rings. The van der Waals surface area contributed by atoms with Crippen LogP contribution in [0.15, 0.2) is 53.1 Å². The maximum atomic E-state index is 13.7. The summed E-state index contributed by atoms with van der Waals surface area (Å²) in [4.78, 5) is 4.10. The second-order valence-electron chi connectivity index (χ2n) is 8.84. The monoisotopic (exact) mass is 537 g/mol. The van der Waals surface area contributed by atoms with Gasteiger partial charge in [-0.05, 0) is 57.2 Å². The topological polar surface area (TPSA) is 153 Å². The summed E-state index contributed by atoms with van der Waals surface area (Å²) in [6, 6.07) is 13.5. The summed E-state index contributed by atoms with van der Waals surface area (Å²) in [7, 11) is -1.09. The normalized spacial score (nSPS) is 13.9. The molecule has 1 N–H and O–H groups in total. The third-order valence-electron chi connectivity index (χ3n) is 6.39. The molecule has 0 bridgehead atoms. The molecular formula is C26H27N5O6S. The average Bonchev–Trinajstić information content (AvgIpc) is 3.52. The van der Waals surface area contributed by atoms with E-state index in [0.717, 1.165) is 0 Å². The van der Waals surface area contributed by atoms with Crippen molar-refractivity contribution < 1.29 is 27.4 Å². The van der Waals surface area contributed by atoms with Gasteiger partial charge in [0.2, 0.25) is 5.82 Å². The fraction of sp³-hybridized carbons (Fsp3) is 0.308. The van der Waals surface area contributed by atoms with Gasteiger partial charge in [0.1, 0.15) is 40.4 Å². The lowest BCUT2D eigenvalue weighted by Crippen LogP contribution is -2.41. The van der Waals surface area contributed by atoms with Gasteiger partial charge in [-0.1, -0.05) is 6.07 Å². The molecular weight excluding hydrogens is 510 g/mol. The van der Waals surface area contributed by atoms with Crippen LogP contribution in [0.25, 0.3) is 17.3 Å². The first-order valence-electron chi connectivity index (χ1n) is 11.6. The predicted octanol–water partition coefficient (Wildman–Crippen LogP) is 3.33. The van der Waals surface area contributed by atoms with Crippen LogP contribution >= 0.6 is 0 Å². The van der Waals surface area contributed by atoms with Crippen LogP contribution in [-0.2, 0) is 21.2 Å². The third-order valence-corrected chi connectivity index (χ3v) is 8.58. The number of aryl methyl sites for hydroxylation is 1. The van der Waals surface area contributed by atoms with Gasteiger partial charge in [0.25, 0.3) is 0 Å². The van der Waals surface area contributed by atoms with E-state index in [-0.39, 0.29) is 17.3 Å². The Kier molecular flexibility index (Phi) is 7.26. The van der Waals surface area contributed by atoms with Crippen molar-refractivity contribution in [3.8, 4) is 34.8 Å². The number of nitriles is 1. The van der Waals surface area contributed by atoms with Crippen LogP contribution in [0.1, 0.15) is 36.7 Å². The molecule has 198 valence electrons. The van der Waals surface area contributed by atoms with Gasteiger partial charge in [-0.2, -0.15) is 5.26 Å². The highest BCUT2D eigenvalue weighted by Gasteiger charge is 2.41. The number of rotatable bonds is 9. The summed E-state index contributed by atoms with van der Waals surface area (Å²) in [6.45, 7) is 4.55. The van der Waals surface area contributed by atoms with Gasteiger partial charge in [-0.25, -0.2) is 8.42 Å². The Bertz CT molecular complexity index is 1580. The number of pyridine rings is 1. The first kappa shape index (κ1) is 26.8. The van der Waals surface area contributed by atoms with Gasteiger partial charge in [0.15, 0.2) is 21.4 Å². The molecule has 1 aromatic carbocycles. The van der Waals surface area contributed by atoms with Crippen LogP contribution < -0.4 is 9.47 Å². The molecule has 3 heterocycles. The first-order valence-corrected chi connectivity index (χ1v) is 13.3. The summed E-state index contributed by atoms with van der Waals surface area (Å²) in [5, 5.41) is 27.4. The van der Waals surface area contributed by atoms with E-state index >= 15 is 0 Å². The maximum Gasteiger partial charge on any atom is 0.204 e. The first-order chi connectivity index (χ1) is 18.0.